The molecule has 0 bridgehead atoms. The van der Waals surface area contributed by atoms with E-state index >= 15 is 0 Å². The zero-order chi connectivity index (χ0) is 9.80. The standard InChI is InChI=1S/C9H16N4O/c1-12-3-2-10-9(12)8-11-13-4-6-14-7-5-13/h2-3,11H,4-8H2,1H3. The number of imidazole rings is 1. The van der Waals surface area contributed by atoms with Crippen molar-refractivity contribution in [3.63, 3.8) is 0 Å². The van der Waals surface area contributed by atoms with Crippen LogP contribution in [0.25, 0.3) is 0 Å². The Morgan fingerprint density at radius 1 is 1.50 bits per heavy atom. The SMILES string of the molecule is Cn1ccnc1CNN1CCOCC1. The van der Waals surface area contributed by atoms with Crippen molar-refractivity contribution in [2.75, 3.05) is 26.3 Å². The van der Waals surface area contributed by atoms with Crippen molar-refractivity contribution in [2.24, 2.45) is 7.05 Å². The molecule has 0 radical (unpaired) electrons. The maximum Gasteiger partial charge on any atom is 0.123 e. The summed E-state index contributed by atoms with van der Waals surface area (Å²) in [5.74, 6) is 1.05. The van der Waals surface area contributed by atoms with Crippen molar-refractivity contribution >= 4 is 0 Å². The van der Waals surface area contributed by atoms with Crippen LogP contribution < -0.4 is 5.43 Å². The zero-order valence-corrected chi connectivity index (χ0v) is 8.44. The third-order valence-corrected chi connectivity index (χ3v) is 2.39. The molecule has 0 aliphatic carbocycles. The van der Waals surface area contributed by atoms with Gasteiger partial charge in [0.2, 0.25) is 0 Å². The molecule has 1 aromatic heterocycles. The van der Waals surface area contributed by atoms with E-state index in [9.17, 15) is 0 Å². The van der Waals surface area contributed by atoms with Crippen LogP contribution >= 0.6 is 0 Å². The van der Waals surface area contributed by atoms with Crippen LogP contribution in [0.15, 0.2) is 12.4 Å². The minimum atomic E-state index is 0.781. The molecule has 0 aromatic carbocycles. The van der Waals surface area contributed by atoms with E-state index in [4.69, 9.17) is 4.74 Å². The first-order valence-corrected chi connectivity index (χ1v) is 4.88. The van der Waals surface area contributed by atoms with E-state index in [0.717, 1.165) is 38.7 Å². The molecular weight excluding hydrogens is 180 g/mol. The van der Waals surface area contributed by atoms with E-state index in [0.29, 0.717) is 0 Å². The molecule has 0 unspecified atom stereocenters. The Kier molecular flexibility index (Phi) is 3.13. The Morgan fingerprint density at radius 3 is 2.93 bits per heavy atom. The summed E-state index contributed by atoms with van der Waals surface area (Å²) >= 11 is 0. The summed E-state index contributed by atoms with van der Waals surface area (Å²) in [5, 5.41) is 2.18. The van der Waals surface area contributed by atoms with Crippen LogP contribution in [0.4, 0.5) is 0 Å². The first-order valence-electron chi connectivity index (χ1n) is 4.88. The smallest absolute Gasteiger partial charge is 0.123 e. The minimum Gasteiger partial charge on any atom is -0.379 e. The third kappa shape index (κ3) is 2.31. The summed E-state index contributed by atoms with van der Waals surface area (Å²) < 4.78 is 7.28. The second kappa shape index (κ2) is 4.54. The van der Waals surface area contributed by atoms with Gasteiger partial charge in [0.15, 0.2) is 0 Å². The van der Waals surface area contributed by atoms with Gasteiger partial charge in [0, 0.05) is 32.5 Å². The quantitative estimate of drug-likeness (QED) is 0.724. The number of nitrogens with one attached hydrogen (secondary N) is 1. The summed E-state index contributed by atoms with van der Waals surface area (Å²) in [7, 11) is 2.00. The predicted molar refractivity (Wildman–Crippen MR) is 52.4 cm³/mol. The Bertz CT molecular complexity index is 280. The monoisotopic (exact) mass is 196 g/mol. The Labute approximate surface area is 83.6 Å². The van der Waals surface area contributed by atoms with Crippen LogP contribution in [0.2, 0.25) is 0 Å². The van der Waals surface area contributed by atoms with Gasteiger partial charge in [0.25, 0.3) is 0 Å². The highest BCUT2D eigenvalue weighted by Gasteiger charge is 2.09. The van der Waals surface area contributed by atoms with Crippen molar-refractivity contribution < 1.29 is 4.74 Å². The van der Waals surface area contributed by atoms with E-state index in [1.807, 2.05) is 24.0 Å². The first kappa shape index (κ1) is 9.64. The zero-order valence-electron chi connectivity index (χ0n) is 8.44. The van der Waals surface area contributed by atoms with Crippen LogP contribution in [0.3, 0.4) is 0 Å². The highest BCUT2D eigenvalue weighted by Crippen LogP contribution is 1.96. The summed E-state index contributed by atoms with van der Waals surface area (Å²) in [6.07, 6.45) is 3.77. The average molecular weight is 196 g/mol. The number of hydrogen-bond donors (Lipinski definition) is 1. The summed E-state index contributed by atoms with van der Waals surface area (Å²) in [4.78, 5) is 4.24. The lowest BCUT2D eigenvalue weighted by molar-refractivity contribution is 0.00998. The van der Waals surface area contributed by atoms with Crippen molar-refractivity contribution in [1.82, 2.24) is 20.0 Å². The van der Waals surface area contributed by atoms with Gasteiger partial charge in [-0.1, -0.05) is 0 Å². The maximum atomic E-state index is 5.26. The van der Waals surface area contributed by atoms with Crippen LogP contribution in [-0.2, 0) is 18.3 Å². The number of morpholine rings is 1. The van der Waals surface area contributed by atoms with Gasteiger partial charge >= 0.3 is 0 Å². The van der Waals surface area contributed by atoms with E-state index in [2.05, 4.69) is 15.4 Å². The maximum absolute atomic E-state index is 5.26. The summed E-state index contributed by atoms with van der Waals surface area (Å²) in [6.45, 7) is 4.31. The van der Waals surface area contributed by atoms with Crippen molar-refractivity contribution in [3.05, 3.63) is 18.2 Å². The molecule has 1 fully saturated rings. The third-order valence-electron chi connectivity index (χ3n) is 2.39. The van der Waals surface area contributed by atoms with E-state index in [1.54, 1.807) is 0 Å². The molecule has 14 heavy (non-hydrogen) atoms. The second-order valence-corrected chi connectivity index (χ2v) is 3.39. The number of ether oxygens (including phenoxy) is 1. The van der Waals surface area contributed by atoms with Crippen LogP contribution in [0, 0.1) is 0 Å². The van der Waals surface area contributed by atoms with Gasteiger partial charge in [-0.15, -0.1) is 0 Å². The molecule has 1 saturated heterocycles. The fourth-order valence-corrected chi connectivity index (χ4v) is 1.47. The molecule has 0 amide bonds. The van der Waals surface area contributed by atoms with Gasteiger partial charge in [0.05, 0.1) is 19.8 Å². The van der Waals surface area contributed by atoms with Crippen molar-refractivity contribution in [2.45, 2.75) is 6.54 Å². The van der Waals surface area contributed by atoms with Gasteiger partial charge in [0.1, 0.15) is 5.82 Å². The first-order chi connectivity index (χ1) is 6.86. The van der Waals surface area contributed by atoms with Gasteiger partial charge < -0.3 is 9.30 Å². The second-order valence-electron chi connectivity index (χ2n) is 3.39. The number of hydrogen-bond acceptors (Lipinski definition) is 4. The topological polar surface area (TPSA) is 42.3 Å². The number of aromatic nitrogens is 2. The molecule has 2 rings (SSSR count). The molecule has 1 aromatic rings. The van der Waals surface area contributed by atoms with Crippen molar-refractivity contribution in [3.8, 4) is 0 Å². The van der Waals surface area contributed by atoms with Gasteiger partial charge in [-0.2, -0.15) is 0 Å². The lowest BCUT2D eigenvalue weighted by atomic mass is 10.5. The fourth-order valence-electron chi connectivity index (χ4n) is 1.47. The van der Waals surface area contributed by atoms with E-state index in [1.165, 1.54) is 0 Å². The summed E-state index contributed by atoms with van der Waals surface area (Å²) in [6, 6.07) is 0. The van der Waals surface area contributed by atoms with E-state index < -0.39 is 0 Å². The van der Waals surface area contributed by atoms with Gasteiger partial charge in [-0.05, 0) is 0 Å². The highest BCUT2D eigenvalue weighted by molar-refractivity contribution is 4.89. The molecular formula is C9H16N4O. The number of aryl methyl sites for hydroxylation is 1. The lowest BCUT2D eigenvalue weighted by Crippen LogP contribution is -2.45. The molecule has 1 aliphatic rings. The van der Waals surface area contributed by atoms with Crippen LogP contribution in [0.1, 0.15) is 5.82 Å². The number of hydrazine groups is 1. The highest BCUT2D eigenvalue weighted by atomic mass is 16.5. The van der Waals surface area contributed by atoms with Crippen molar-refractivity contribution in [1.29, 1.82) is 0 Å². The molecule has 0 spiro atoms. The molecule has 5 heteroatoms. The molecule has 1 N–H and O–H groups in total. The van der Waals surface area contributed by atoms with Gasteiger partial charge in [-0.25, -0.2) is 15.4 Å². The lowest BCUT2D eigenvalue weighted by Gasteiger charge is -2.26. The normalized spacial score (nSPS) is 18.6. The number of nitrogens with zero attached hydrogens (tertiary/aromatic N) is 3. The minimum absolute atomic E-state index is 0.781. The van der Waals surface area contributed by atoms with Gasteiger partial charge in [-0.3, -0.25) is 0 Å². The molecule has 1 aliphatic heterocycles. The molecule has 5 nitrogen and oxygen atoms in total. The van der Waals surface area contributed by atoms with Crippen LogP contribution in [-0.4, -0.2) is 40.9 Å². The predicted octanol–water partition coefficient (Wildman–Crippen LogP) is -0.243. The molecule has 0 saturated carbocycles. The van der Waals surface area contributed by atoms with E-state index in [-0.39, 0.29) is 0 Å². The largest absolute Gasteiger partial charge is 0.379 e. The average Bonchev–Trinajstić information content (AvgIpc) is 2.63. The molecule has 2 heterocycles. The van der Waals surface area contributed by atoms with Crippen LogP contribution in [0.5, 0.6) is 0 Å². The molecule has 78 valence electrons. The number of rotatable bonds is 3. The summed E-state index contributed by atoms with van der Waals surface area (Å²) in [5.41, 5.74) is 3.33. The Hall–Kier alpha value is -0.910. The Morgan fingerprint density at radius 2 is 2.29 bits per heavy atom. The molecule has 0 atom stereocenters. The fraction of sp³-hybridized carbons (Fsp3) is 0.667. The Balaban J connectivity index is 1.79.